The average molecular weight is 405 g/mol. The first-order valence-electron chi connectivity index (χ1n) is 5.94. The molecule has 5 heteroatoms. The number of ether oxygens (including phenoxy) is 1. The maximum absolute atomic E-state index is 6.28. The van der Waals surface area contributed by atoms with Gasteiger partial charge in [0, 0.05) is 9.35 Å². The summed E-state index contributed by atoms with van der Waals surface area (Å²) in [4.78, 5) is 1.12. The Kier molecular flexibility index (Phi) is 5.06. The molecule has 0 fully saturated rings. The van der Waals surface area contributed by atoms with Gasteiger partial charge in [0.2, 0.25) is 0 Å². The summed E-state index contributed by atoms with van der Waals surface area (Å²) in [5.41, 5.74) is 7.36. The Labute approximate surface area is 134 Å². The molecule has 0 aliphatic heterocycles. The van der Waals surface area contributed by atoms with Crippen LogP contribution >= 0.6 is 43.2 Å². The summed E-state index contributed by atoms with van der Waals surface area (Å²) in [7, 11) is 0. The highest BCUT2D eigenvalue weighted by Crippen LogP contribution is 2.36. The molecule has 0 saturated heterocycles. The molecule has 0 spiro atoms. The zero-order valence-corrected chi connectivity index (χ0v) is 14.7. The van der Waals surface area contributed by atoms with E-state index < -0.39 is 0 Å². The molecule has 102 valence electrons. The fourth-order valence-corrected chi connectivity index (χ4v) is 3.83. The molecule has 1 aromatic carbocycles. The van der Waals surface area contributed by atoms with Gasteiger partial charge in [0.1, 0.15) is 5.75 Å². The Morgan fingerprint density at radius 1 is 1.16 bits per heavy atom. The van der Waals surface area contributed by atoms with Gasteiger partial charge in [0.25, 0.3) is 0 Å². The summed E-state index contributed by atoms with van der Waals surface area (Å²) in [6.07, 6.45) is 0.184. The maximum atomic E-state index is 6.28. The van der Waals surface area contributed by atoms with Gasteiger partial charge in [-0.25, -0.2) is 0 Å². The molecule has 0 amide bonds. The van der Waals surface area contributed by atoms with Gasteiger partial charge in [0.05, 0.1) is 15.9 Å². The van der Waals surface area contributed by atoms with E-state index in [2.05, 4.69) is 37.9 Å². The van der Waals surface area contributed by atoms with Crippen LogP contribution in [-0.4, -0.2) is 6.10 Å². The van der Waals surface area contributed by atoms with E-state index in [4.69, 9.17) is 10.5 Å². The molecule has 2 aromatic rings. The zero-order chi connectivity index (χ0) is 14.0. The van der Waals surface area contributed by atoms with E-state index in [0.717, 1.165) is 24.4 Å². The first-order chi connectivity index (χ1) is 8.97. The van der Waals surface area contributed by atoms with E-state index in [-0.39, 0.29) is 12.1 Å². The first-order valence-corrected chi connectivity index (χ1v) is 8.34. The molecule has 0 saturated carbocycles. The van der Waals surface area contributed by atoms with Crippen LogP contribution < -0.4 is 10.5 Å². The summed E-state index contributed by atoms with van der Waals surface area (Å²) in [5, 5.41) is 0. The van der Waals surface area contributed by atoms with Crippen molar-refractivity contribution in [2.24, 2.45) is 5.73 Å². The molecule has 1 aromatic heterocycles. The molecule has 1 unspecified atom stereocenters. The second-order valence-electron chi connectivity index (χ2n) is 4.48. The third kappa shape index (κ3) is 3.81. The van der Waals surface area contributed by atoms with Crippen molar-refractivity contribution < 1.29 is 4.74 Å². The van der Waals surface area contributed by atoms with Gasteiger partial charge in [0.15, 0.2) is 0 Å². The molecule has 0 radical (unpaired) electrons. The smallest absolute Gasteiger partial charge is 0.119 e. The highest BCUT2D eigenvalue weighted by atomic mass is 79.9. The van der Waals surface area contributed by atoms with Crippen molar-refractivity contribution in [3.8, 4) is 5.75 Å². The summed E-state index contributed by atoms with van der Waals surface area (Å²) in [5.74, 6) is 0.875. The molecule has 2 rings (SSSR count). The first kappa shape index (κ1) is 15.0. The van der Waals surface area contributed by atoms with Crippen LogP contribution in [0.15, 0.2) is 38.6 Å². The average Bonchev–Trinajstić information content (AvgIpc) is 2.69. The maximum Gasteiger partial charge on any atom is 0.119 e. The number of hydrogen-bond acceptors (Lipinski definition) is 3. The number of hydrogen-bond donors (Lipinski definition) is 1. The molecule has 0 aliphatic rings. The Balaban J connectivity index is 2.17. The summed E-state index contributed by atoms with van der Waals surface area (Å²) in [6, 6.07) is 9.91. The van der Waals surface area contributed by atoms with Gasteiger partial charge < -0.3 is 10.5 Å². The van der Waals surface area contributed by atoms with Crippen molar-refractivity contribution in [2.75, 3.05) is 0 Å². The zero-order valence-electron chi connectivity index (χ0n) is 10.7. The minimum atomic E-state index is -0.110. The van der Waals surface area contributed by atoms with E-state index in [1.54, 1.807) is 11.3 Å². The van der Waals surface area contributed by atoms with E-state index in [0.29, 0.717) is 0 Å². The van der Waals surface area contributed by atoms with E-state index >= 15 is 0 Å². The fourth-order valence-electron chi connectivity index (χ4n) is 1.71. The van der Waals surface area contributed by atoms with E-state index in [1.807, 2.05) is 38.1 Å². The molecular weight excluding hydrogens is 390 g/mol. The van der Waals surface area contributed by atoms with Crippen molar-refractivity contribution in [2.45, 2.75) is 26.0 Å². The van der Waals surface area contributed by atoms with Crippen molar-refractivity contribution >= 4 is 43.2 Å². The molecule has 0 aliphatic carbocycles. The van der Waals surface area contributed by atoms with Crippen LogP contribution in [0.3, 0.4) is 0 Å². The normalized spacial score (nSPS) is 12.7. The van der Waals surface area contributed by atoms with Crippen molar-refractivity contribution in [1.29, 1.82) is 0 Å². The third-order valence-electron chi connectivity index (χ3n) is 2.58. The number of nitrogens with two attached hydrogens (primary N) is 1. The Morgan fingerprint density at radius 3 is 2.26 bits per heavy atom. The van der Waals surface area contributed by atoms with Crippen LogP contribution in [0.1, 0.15) is 30.3 Å². The topological polar surface area (TPSA) is 35.2 Å². The minimum Gasteiger partial charge on any atom is -0.491 e. The lowest BCUT2D eigenvalue weighted by Gasteiger charge is -2.13. The molecule has 1 atom stereocenters. The highest BCUT2D eigenvalue weighted by Gasteiger charge is 2.14. The summed E-state index contributed by atoms with van der Waals surface area (Å²) < 4.78 is 7.74. The second-order valence-corrected chi connectivity index (χ2v) is 7.74. The SMILES string of the molecule is CC(C)Oc1ccc(C(N)c2cc(Br)c(Br)s2)cc1. The largest absolute Gasteiger partial charge is 0.491 e. The lowest BCUT2D eigenvalue weighted by atomic mass is 10.1. The van der Waals surface area contributed by atoms with Crippen LogP contribution in [0.5, 0.6) is 5.75 Å². The Morgan fingerprint density at radius 2 is 1.79 bits per heavy atom. The predicted molar refractivity (Wildman–Crippen MR) is 88.0 cm³/mol. The van der Waals surface area contributed by atoms with Crippen molar-refractivity contribution in [3.63, 3.8) is 0 Å². The van der Waals surface area contributed by atoms with Crippen LogP contribution in [0.25, 0.3) is 0 Å². The third-order valence-corrected chi connectivity index (χ3v) is 5.92. The predicted octanol–water partition coefficient (Wildman–Crippen LogP) is 5.11. The van der Waals surface area contributed by atoms with Crippen LogP contribution in [0.4, 0.5) is 0 Å². The molecule has 1 heterocycles. The van der Waals surface area contributed by atoms with Gasteiger partial charge >= 0.3 is 0 Å². The van der Waals surface area contributed by atoms with Crippen molar-refractivity contribution in [1.82, 2.24) is 0 Å². The molecule has 2 nitrogen and oxygen atoms in total. The standard InChI is InChI=1S/C14H15Br2NOS/c1-8(2)18-10-5-3-9(4-6-10)13(17)12-7-11(15)14(16)19-12/h3-8,13H,17H2,1-2H3. The van der Waals surface area contributed by atoms with Crippen LogP contribution in [0.2, 0.25) is 0 Å². The van der Waals surface area contributed by atoms with Crippen LogP contribution in [-0.2, 0) is 0 Å². The van der Waals surface area contributed by atoms with Gasteiger partial charge in [-0.1, -0.05) is 12.1 Å². The second kappa shape index (κ2) is 6.39. The van der Waals surface area contributed by atoms with Crippen molar-refractivity contribution in [3.05, 3.63) is 49.0 Å². The number of rotatable bonds is 4. The van der Waals surface area contributed by atoms with Gasteiger partial charge in [-0.3, -0.25) is 0 Å². The molecule has 2 N–H and O–H groups in total. The summed E-state index contributed by atoms with van der Waals surface area (Å²) >= 11 is 8.62. The Bertz CT molecular complexity index is 532. The molecule has 19 heavy (non-hydrogen) atoms. The number of benzene rings is 1. The lowest BCUT2D eigenvalue weighted by Crippen LogP contribution is -2.10. The number of thiophene rings is 1. The van der Waals surface area contributed by atoms with E-state index in [9.17, 15) is 0 Å². The van der Waals surface area contributed by atoms with E-state index in [1.165, 1.54) is 0 Å². The highest BCUT2D eigenvalue weighted by molar-refractivity contribution is 9.13. The fraction of sp³-hybridized carbons (Fsp3) is 0.286. The quantitative estimate of drug-likeness (QED) is 0.768. The van der Waals surface area contributed by atoms with Gasteiger partial charge in [-0.2, -0.15) is 0 Å². The Hall–Kier alpha value is -0.360. The van der Waals surface area contributed by atoms with Crippen LogP contribution in [0, 0.1) is 0 Å². The minimum absolute atomic E-state index is 0.110. The summed E-state index contributed by atoms with van der Waals surface area (Å²) in [6.45, 7) is 4.03. The number of halogens is 2. The lowest BCUT2D eigenvalue weighted by molar-refractivity contribution is 0.242. The van der Waals surface area contributed by atoms with Gasteiger partial charge in [-0.05, 0) is 69.5 Å². The van der Waals surface area contributed by atoms with Gasteiger partial charge in [-0.15, -0.1) is 11.3 Å². The molecule has 0 bridgehead atoms. The monoisotopic (exact) mass is 403 g/mol. The molecular formula is C14H15Br2NOS.